The fourth-order valence-corrected chi connectivity index (χ4v) is 2.09. The van der Waals surface area contributed by atoms with Crippen molar-refractivity contribution in [2.45, 2.75) is 39.9 Å². The molecule has 0 radical (unpaired) electrons. The van der Waals surface area contributed by atoms with Gasteiger partial charge in [0.25, 0.3) is 0 Å². The molecule has 0 aliphatic carbocycles. The highest BCUT2D eigenvalue weighted by Crippen LogP contribution is 2.17. The molecular weight excluding hydrogens is 268 g/mol. The summed E-state index contributed by atoms with van der Waals surface area (Å²) in [6, 6.07) is 2.61. The van der Waals surface area contributed by atoms with Gasteiger partial charge in [-0.15, -0.1) is 0 Å². The maximum absolute atomic E-state index is 5.82. The van der Waals surface area contributed by atoms with Crippen molar-refractivity contribution in [1.29, 1.82) is 0 Å². The van der Waals surface area contributed by atoms with Crippen molar-refractivity contribution in [3.63, 3.8) is 0 Å². The van der Waals surface area contributed by atoms with Gasteiger partial charge in [0.1, 0.15) is 11.5 Å². The first kappa shape index (κ1) is 18.2. The van der Waals surface area contributed by atoms with Crippen molar-refractivity contribution in [1.82, 2.24) is 10.2 Å². The molecule has 5 heteroatoms. The highest BCUT2D eigenvalue weighted by Gasteiger charge is 2.12. The number of hydrogen-bond donors (Lipinski definition) is 1. The van der Waals surface area contributed by atoms with Gasteiger partial charge in [-0.2, -0.15) is 0 Å². The Balaban J connectivity index is 2.60. The van der Waals surface area contributed by atoms with Gasteiger partial charge in [-0.05, 0) is 13.0 Å². The van der Waals surface area contributed by atoms with Crippen molar-refractivity contribution >= 4 is 0 Å². The summed E-state index contributed by atoms with van der Waals surface area (Å²) in [5.74, 6) is 1.99. The number of ether oxygens (including phenoxy) is 2. The molecule has 0 atom stereocenters. The van der Waals surface area contributed by atoms with E-state index in [4.69, 9.17) is 13.9 Å². The van der Waals surface area contributed by atoms with Crippen LogP contribution in [-0.4, -0.2) is 51.5 Å². The summed E-state index contributed by atoms with van der Waals surface area (Å²) in [7, 11) is 3.46. The molecule has 1 N–H and O–H groups in total. The van der Waals surface area contributed by atoms with Crippen LogP contribution in [0.2, 0.25) is 0 Å². The Bertz CT molecular complexity index is 383. The van der Waals surface area contributed by atoms with Gasteiger partial charge in [-0.1, -0.05) is 13.8 Å². The molecule has 0 saturated carbocycles. The number of nitrogens with zero attached hydrogens (tertiary/aromatic N) is 1. The molecule has 0 bridgehead atoms. The third kappa shape index (κ3) is 7.09. The standard InChI is InChI=1S/C16H30N2O3/c1-13(2)17-11-16-10-15(14(3)21-16)12-18(6-8-19-4)7-9-20-5/h10,13,17H,6-9,11-12H2,1-5H3. The molecule has 0 spiro atoms. The lowest BCUT2D eigenvalue weighted by Crippen LogP contribution is -2.30. The van der Waals surface area contributed by atoms with Crippen LogP contribution in [0.1, 0.15) is 30.9 Å². The van der Waals surface area contributed by atoms with E-state index < -0.39 is 0 Å². The molecular formula is C16H30N2O3. The summed E-state index contributed by atoms with van der Waals surface area (Å²) in [4.78, 5) is 2.32. The molecule has 0 aliphatic rings. The van der Waals surface area contributed by atoms with Crippen LogP contribution in [0.4, 0.5) is 0 Å². The largest absolute Gasteiger partial charge is 0.465 e. The zero-order valence-corrected chi connectivity index (χ0v) is 14.1. The average Bonchev–Trinajstić information content (AvgIpc) is 2.80. The van der Waals surface area contributed by atoms with Gasteiger partial charge < -0.3 is 19.2 Å². The zero-order valence-electron chi connectivity index (χ0n) is 14.1. The van der Waals surface area contributed by atoms with Gasteiger partial charge in [0.15, 0.2) is 0 Å². The number of aryl methyl sites for hydroxylation is 1. The first-order valence-electron chi connectivity index (χ1n) is 7.58. The van der Waals surface area contributed by atoms with E-state index in [1.54, 1.807) is 14.2 Å². The minimum atomic E-state index is 0.457. The molecule has 21 heavy (non-hydrogen) atoms. The quantitative estimate of drug-likeness (QED) is 0.678. The minimum absolute atomic E-state index is 0.457. The number of rotatable bonds is 11. The Morgan fingerprint density at radius 2 is 1.81 bits per heavy atom. The molecule has 1 heterocycles. The number of furan rings is 1. The van der Waals surface area contributed by atoms with Gasteiger partial charge in [0.05, 0.1) is 19.8 Å². The predicted octanol–water partition coefficient (Wildman–Crippen LogP) is 2.18. The van der Waals surface area contributed by atoms with E-state index in [0.717, 1.165) is 50.9 Å². The minimum Gasteiger partial charge on any atom is -0.465 e. The van der Waals surface area contributed by atoms with E-state index in [-0.39, 0.29) is 0 Å². The smallest absolute Gasteiger partial charge is 0.118 e. The van der Waals surface area contributed by atoms with E-state index >= 15 is 0 Å². The van der Waals surface area contributed by atoms with Crippen molar-refractivity contribution in [3.8, 4) is 0 Å². The first-order chi connectivity index (χ1) is 10.1. The molecule has 1 aromatic heterocycles. The number of nitrogens with one attached hydrogen (secondary N) is 1. The molecule has 0 fully saturated rings. The Kier molecular flexibility index (Phi) is 8.61. The lowest BCUT2D eigenvalue weighted by atomic mass is 10.2. The molecule has 0 amide bonds. The average molecular weight is 298 g/mol. The molecule has 1 rings (SSSR count). The topological polar surface area (TPSA) is 46.9 Å². The van der Waals surface area contributed by atoms with E-state index in [1.807, 2.05) is 6.92 Å². The Labute approximate surface area is 128 Å². The molecule has 1 aromatic rings. The third-order valence-corrected chi connectivity index (χ3v) is 3.37. The molecule has 0 unspecified atom stereocenters. The summed E-state index contributed by atoms with van der Waals surface area (Å²) in [5, 5.41) is 3.38. The van der Waals surface area contributed by atoms with Crippen molar-refractivity contribution in [3.05, 3.63) is 23.2 Å². The van der Waals surface area contributed by atoms with Gasteiger partial charge in [-0.25, -0.2) is 0 Å². The van der Waals surface area contributed by atoms with Crippen molar-refractivity contribution in [2.24, 2.45) is 0 Å². The summed E-state index contributed by atoms with van der Waals surface area (Å²) in [6.45, 7) is 11.2. The molecule has 0 aliphatic heterocycles. The van der Waals surface area contributed by atoms with Crippen molar-refractivity contribution in [2.75, 3.05) is 40.5 Å². The van der Waals surface area contributed by atoms with Crippen LogP contribution in [0.5, 0.6) is 0 Å². The summed E-state index contributed by atoms with van der Waals surface area (Å²) >= 11 is 0. The predicted molar refractivity (Wildman–Crippen MR) is 84.4 cm³/mol. The first-order valence-corrected chi connectivity index (χ1v) is 7.58. The zero-order chi connectivity index (χ0) is 15.7. The van der Waals surface area contributed by atoms with Crippen LogP contribution in [0.25, 0.3) is 0 Å². The number of hydrogen-bond acceptors (Lipinski definition) is 5. The van der Waals surface area contributed by atoms with Gasteiger partial charge in [-0.3, -0.25) is 4.90 Å². The normalized spacial score (nSPS) is 11.8. The third-order valence-electron chi connectivity index (χ3n) is 3.37. The van der Waals surface area contributed by atoms with Crippen LogP contribution in [0.3, 0.4) is 0 Å². The van der Waals surface area contributed by atoms with Gasteiger partial charge in [0.2, 0.25) is 0 Å². The second kappa shape index (κ2) is 9.95. The fraction of sp³-hybridized carbons (Fsp3) is 0.750. The SMILES string of the molecule is COCCN(CCOC)Cc1cc(CNC(C)C)oc1C. The van der Waals surface area contributed by atoms with E-state index in [0.29, 0.717) is 6.04 Å². The Hall–Kier alpha value is -0.880. The second-order valence-corrected chi connectivity index (χ2v) is 5.59. The van der Waals surface area contributed by atoms with E-state index in [1.165, 1.54) is 5.56 Å². The Morgan fingerprint density at radius 3 is 2.33 bits per heavy atom. The summed E-state index contributed by atoms with van der Waals surface area (Å²) in [5.41, 5.74) is 1.24. The van der Waals surface area contributed by atoms with Crippen LogP contribution in [-0.2, 0) is 22.6 Å². The van der Waals surface area contributed by atoms with E-state index in [9.17, 15) is 0 Å². The highest BCUT2D eigenvalue weighted by atomic mass is 16.5. The van der Waals surface area contributed by atoms with Crippen molar-refractivity contribution < 1.29 is 13.9 Å². The number of methoxy groups -OCH3 is 2. The molecule has 0 saturated heterocycles. The summed E-state index contributed by atoms with van der Waals surface area (Å²) < 4.78 is 16.2. The maximum Gasteiger partial charge on any atom is 0.118 e. The summed E-state index contributed by atoms with van der Waals surface area (Å²) in [6.07, 6.45) is 0. The van der Waals surface area contributed by atoms with E-state index in [2.05, 4.69) is 30.1 Å². The maximum atomic E-state index is 5.82. The second-order valence-electron chi connectivity index (χ2n) is 5.59. The monoisotopic (exact) mass is 298 g/mol. The molecule has 0 aromatic carbocycles. The Morgan fingerprint density at radius 1 is 1.19 bits per heavy atom. The molecule has 122 valence electrons. The van der Waals surface area contributed by atoms with Gasteiger partial charge >= 0.3 is 0 Å². The van der Waals surface area contributed by atoms with Crippen LogP contribution in [0.15, 0.2) is 10.5 Å². The molecule has 5 nitrogen and oxygen atoms in total. The lowest BCUT2D eigenvalue weighted by Gasteiger charge is -2.21. The van der Waals surface area contributed by atoms with Gasteiger partial charge in [0, 0.05) is 45.5 Å². The van der Waals surface area contributed by atoms with Crippen LogP contribution >= 0.6 is 0 Å². The van der Waals surface area contributed by atoms with Crippen LogP contribution < -0.4 is 5.32 Å². The van der Waals surface area contributed by atoms with Crippen LogP contribution in [0, 0.1) is 6.92 Å². The fourth-order valence-electron chi connectivity index (χ4n) is 2.09. The highest BCUT2D eigenvalue weighted by molar-refractivity contribution is 5.20. The lowest BCUT2D eigenvalue weighted by molar-refractivity contribution is 0.110.